The second-order valence-corrected chi connectivity index (χ2v) is 11.7. The molecular formula is C34H28F3N7O2S. The monoisotopic (exact) mass is 658 g/mol. The van der Waals surface area contributed by atoms with E-state index in [9.17, 15) is 13.6 Å². The number of fused-ring (bicyclic) bond motifs is 1. The van der Waals surface area contributed by atoms with Crippen LogP contribution in [0.15, 0.2) is 73.2 Å². The van der Waals surface area contributed by atoms with Gasteiger partial charge in [0.2, 0.25) is 0 Å². The molecule has 0 fully saturated rings. The summed E-state index contributed by atoms with van der Waals surface area (Å²) in [6, 6.07) is 11.2. The molecule has 0 aliphatic rings. The first-order valence-corrected chi connectivity index (χ1v) is 14.9. The van der Waals surface area contributed by atoms with Crippen LogP contribution in [0.4, 0.5) is 24.7 Å². The van der Waals surface area contributed by atoms with E-state index in [1.807, 2.05) is 6.92 Å². The lowest BCUT2D eigenvalue weighted by molar-refractivity contribution is -0.112. The van der Waals surface area contributed by atoms with Crippen LogP contribution in [0.3, 0.4) is 0 Å². The molecule has 0 unspecified atom stereocenters. The molecule has 0 aliphatic heterocycles. The molecule has 2 aromatic carbocycles. The highest BCUT2D eigenvalue weighted by atomic mass is 32.1. The Morgan fingerprint density at radius 1 is 1.13 bits per heavy atom. The van der Waals surface area contributed by atoms with Crippen molar-refractivity contribution in [1.82, 2.24) is 24.5 Å². The van der Waals surface area contributed by atoms with E-state index in [1.54, 1.807) is 44.2 Å². The number of nitrogens with one attached hydrogen (secondary N) is 1. The van der Waals surface area contributed by atoms with Gasteiger partial charge in [-0.15, -0.1) is 11.3 Å². The van der Waals surface area contributed by atoms with E-state index >= 15 is 4.39 Å². The van der Waals surface area contributed by atoms with Crippen LogP contribution in [-0.2, 0) is 11.8 Å². The number of hydrogen-bond acceptors (Lipinski definition) is 8. The van der Waals surface area contributed by atoms with Gasteiger partial charge < -0.3 is 20.4 Å². The molecule has 6 rings (SSSR count). The third kappa shape index (κ3) is 6.04. The molecular weight excluding hydrogens is 627 g/mol. The van der Waals surface area contributed by atoms with Crippen LogP contribution in [0.2, 0.25) is 0 Å². The third-order valence-corrected chi connectivity index (χ3v) is 8.51. The minimum absolute atomic E-state index is 0.0366. The van der Waals surface area contributed by atoms with E-state index in [0.717, 1.165) is 11.8 Å². The fourth-order valence-corrected chi connectivity index (χ4v) is 6.44. The number of nitrogen functional groups attached to an aromatic ring is 1. The van der Waals surface area contributed by atoms with Gasteiger partial charge in [0.05, 0.1) is 10.4 Å². The number of thiophene rings is 1. The zero-order valence-electron chi connectivity index (χ0n) is 28.2. The van der Waals surface area contributed by atoms with Crippen LogP contribution in [0.1, 0.15) is 34.5 Å². The molecule has 13 heteroatoms. The quantitative estimate of drug-likeness (QED) is 0.158. The van der Waals surface area contributed by atoms with Gasteiger partial charge in [0.25, 0.3) is 12.3 Å². The molecule has 0 aliphatic carbocycles. The van der Waals surface area contributed by atoms with E-state index in [1.165, 1.54) is 35.9 Å². The van der Waals surface area contributed by atoms with E-state index in [-0.39, 0.29) is 34.7 Å². The number of rotatable bonds is 8. The number of imidazole rings is 1. The number of nitrogens with two attached hydrogens (primary N) is 1. The summed E-state index contributed by atoms with van der Waals surface area (Å²) in [6.07, 6.45) is 0.690. The molecule has 0 saturated carbocycles. The van der Waals surface area contributed by atoms with Gasteiger partial charge in [0.15, 0.2) is 17.4 Å². The molecule has 0 bridgehead atoms. The van der Waals surface area contributed by atoms with Gasteiger partial charge in [0, 0.05) is 68.0 Å². The van der Waals surface area contributed by atoms with Crippen LogP contribution in [0, 0.1) is 19.7 Å². The lowest BCUT2D eigenvalue weighted by Crippen LogP contribution is -2.11. The molecule has 1 amide bonds. The molecule has 9 nitrogen and oxygen atoms in total. The summed E-state index contributed by atoms with van der Waals surface area (Å²) < 4.78 is 73.5. The summed E-state index contributed by atoms with van der Waals surface area (Å²) in [5, 5.41) is 3.16. The van der Waals surface area contributed by atoms with Crippen LogP contribution in [0.25, 0.3) is 42.9 Å². The Hall–Kier alpha value is -5.56. The molecule has 0 spiro atoms. The van der Waals surface area contributed by atoms with Crippen molar-refractivity contribution in [2.75, 3.05) is 11.1 Å². The molecule has 0 saturated heterocycles. The highest BCUT2D eigenvalue weighted by Gasteiger charge is 2.25. The molecule has 47 heavy (non-hydrogen) atoms. The number of amides is 1. The van der Waals surface area contributed by atoms with E-state index in [2.05, 4.69) is 31.8 Å². The van der Waals surface area contributed by atoms with Crippen molar-refractivity contribution in [2.45, 2.75) is 27.2 Å². The number of anilines is 2. The van der Waals surface area contributed by atoms with Crippen molar-refractivity contribution in [3.05, 3.63) is 96.1 Å². The average Bonchev–Trinajstić information content (AvgIpc) is 3.67. The predicted octanol–water partition coefficient (Wildman–Crippen LogP) is 8.40. The number of hydrogen-bond donors (Lipinski definition) is 2. The Labute approximate surface area is 275 Å². The molecule has 3 N–H and O–H groups in total. The second-order valence-electron chi connectivity index (χ2n) is 10.7. The molecule has 4 aromatic heterocycles. The maximum atomic E-state index is 15.8. The van der Waals surface area contributed by atoms with Crippen LogP contribution < -0.4 is 15.8 Å². The van der Waals surface area contributed by atoms with Gasteiger partial charge in [-0.1, -0.05) is 18.7 Å². The molecule has 0 radical (unpaired) electrons. The van der Waals surface area contributed by atoms with Gasteiger partial charge in [-0.3, -0.25) is 4.79 Å². The Morgan fingerprint density at radius 2 is 1.94 bits per heavy atom. The summed E-state index contributed by atoms with van der Waals surface area (Å²) in [5.74, 6) is -2.08. The number of aromatic nitrogens is 5. The van der Waals surface area contributed by atoms with Crippen molar-refractivity contribution in [3.63, 3.8) is 0 Å². The SMILES string of the molecule is [2H]C([2H])([2H])n1cc(-c2cnc(N)c3c(-c4ccc(Oc5nccc(C)n5)c(F)c4)c(-c4ccc(NC(=O)C(=C)C)cc4C)sc23)nc1C(F)F. The van der Waals surface area contributed by atoms with Crippen molar-refractivity contribution in [2.24, 2.45) is 6.98 Å². The lowest BCUT2D eigenvalue weighted by Gasteiger charge is -2.12. The van der Waals surface area contributed by atoms with Gasteiger partial charge in [0.1, 0.15) is 5.82 Å². The minimum atomic E-state index is -3.17. The minimum Gasteiger partial charge on any atom is -0.421 e. The number of ether oxygens (including phenoxy) is 1. The number of aryl methyl sites for hydroxylation is 3. The molecule has 4 heterocycles. The molecule has 0 atom stereocenters. The van der Waals surface area contributed by atoms with Gasteiger partial charge in [-0.25, -0.2) is 33.1 Å². The topological polar surface area (TPSA) is 121 Å². The largest absolute Gasteiger partial charge is 0.421 e. The fraction of sp³-hybridized carbons (Fsp3) is 0.147. The van der Waals surface area contributed by atoms with Crippen molar-refractivity contribution in [1.29, 1.82) is 0 Å². The second kappa shape index (κ2) is 12.3. The van der Waals surface area contributed by atoms with Crippen LogP contribution >= 0.6 is 11.3 Å². The van der Waals surface area contributed by atoms with E-state index < -0.39 is 25.0 Å². The number of nitrogens with zero attached hydrogens (tertiary/aromatic N) is 5. The van der Waals surface area contributed by atoms with Gasteiger partial charge in [-0.2, -0.15) is 0 Å². The smallest absolute Gasteiger partial charge is 0.322 e. The number of pyridine rings is 1. The summed E-state index contributed by atoms with van der Waals surface area (Å²) in [6.45, 7) is 5.90. The fourth-order valence-electron chi connectivity index (χ4n) is 4.99. The average molecular weight is 659 g/mol. The Bertz CT molecular complexity index is 2320. The zero-order chi connectivity index (χ0) is 36.1. The Kier molecular flexibility index (Phi) is 7.27. The Morgan fingerprint density at radius 3 is 2.60 bits per heavy atom. The normalized spacial score (nSPS) is 12.5. The standard InChI is InChI=1S/C34H28F3N7O2S/c1-16(2)33(45)42-20-7-8-21(17(3)12-20)28-26(19-6-9-25(23(35)13-19)46-34-39-11-10-18(4)41-34)27-29(47-28)22(14-40-31(27)38)24-15-44(5)32(43-24)30(36)37/h6-15,30H,1H2,2-5H3,(H2,38,40)(H,42,45)/i5D3. The zero-order valence-corrected chi connectivity index (χ0v) is 26.0. The van der Waals surface area contributed by atoms with Crippen LogP contribution in [-0.4, -0.2) is 30.4 Å². The summed E-state index contributed by atoms with van der Waals surface area (Å²) in [4.78, 5) is 29.4. The van der Waals surface area contributed by atoms with E-state index in [0.29, 0.717) is 53.2 Å². The maximum absolute atomic E-state index is 15.8. The first-order valence-electron chi connectivity index (χ1n) is 15.6. The number of alkyl halides is 2. The third-order valence-electron chi connectivity index (χ3n) is 7.26. The highest BCUT2D eigenvalue weighted by Crippen LogP contribution is 2.50. The van der Waals surface area contributed by atoms with Gasteiger partial charge in [-0.05, 0) is 67.8 Å². The lowest BCUT2D eigenvalue weighted by atomic mass is 9.96. The summed E-state index contributed by atoms with van der Waals surface area (Å²) >= 11 is 1.22. The Balaban J connectivity index is 1.58. The summed E-state index contributed by atoms with van der Waals surface area (Å²) in [7, 11) is 0. The summed E-state index contributed by atoms with van der Waals surface area (Å²) in [5.41, 5.74) is 10.4. The number of carbonyl (C=O) groups excluding carboxylic acids is 1. The first-order chi connectivity index (χ1) is 23.6. The van der Waals surface area contributed by atoms with E-state index in [4.69, 9.17) is 14.6 Å². The number of benzene rings is 2. The number of halogens is 3. The maximum Gasteiger partial charge on any atom is 0.322 e. The molecule has 238 valence electrons. The first kappa shape index (κ1) is 27.7. The van der Waals surface area contributed by atoms with Crippen molar-refractivity contribution in [3.8, 4) is 44.6 Å². The molecule has 6 aromatic rings. The van der Waals surface area contributed by atoms with Gasteiger partial charge >= 0.3 is 6.01 Å². The number of carbonyl (C=O) groups is 1. The predicted molar refractivity (Wildman–Crippen MR) is 177 cm³/mol. The van der Waals surface area contributed by atoms with Crippen LogP contribution in [0.5, 0.6) is 11.8 Å². The van der Waals surface area contributed by atoms with Crippen molar-refractivity contribution < 1.29 is 26.8 Å². The van der Waals surface area contributed by atoms with Crippen molar-refractivity contribution >= 4 is 38.8 Å². The highest BCUT2D eigenvalue weighted by molar-refractivity contribution is 7.23.